The molecule has 42 heavy (non-hydrogen) atoms. The van der Waals surface area contributed by atoms with E-state index in [2.05, 4.69) is 5.32 Å². The number of nitrogens with two attached hydrogens (primary N) is 1. The fraction of sp³-hybridized carbons (Fsp3) is 0.533. The number of methoxy groups -OCH3 is 4. The molecule has 2 rings (SSSR count). The highest BCUT2D eigenvalue weighted by atomic mass is 16.6. The predicted octanol–water partition coefficient (Wildman–Crippen LogP) is 2.60. The second-order valence-electron chi connectivity index (χ2n) is 10.4. The lowest BCUT2D eigenvalue weighted by molar-refractivity contribution is -0.132. The third-order valence-electron chi connectivity index (χ3n) is 7.42. The molecule has 232 valence electrons. The van der Waals surface area contributed by atoms with Crippen molar-refractivity contribution in [1.82, 2.24) is 5.32 Å². The number of amides is 2. The largest absolute Gasteiger partial charge is 0.505 e. The van der Waals surface area contributed by atoms with E-state index in [1.54, 1.807) is 20.1 Å². The second-order valence-corrected chi connectivity index (χ2v) is 10.4. The van der Waals surface area contributed by atoms with Crippen LogP contribution in [-0.4, -0.2) is 87.6 Å². The number of nitrogens with one attached hydrogen (secondary N) is 1. The second kappa shape index (κ2) is 15.6. The van der Waals surface area contributed by atoms with E-state index in [4.69, 9.17) is 29.4 Å². The van der Waals surface area contributed by atoms with Crippen molar-refractivity contribution < 1.29 is 48.0 Å². The molecule has 0 fully saturated rings. The van der Waals surface area contributed by atoms with Gasteiger partial charge in [0.2, 0.25) is 5.78 Å². The van der Waals surface area contributed by atoms with Gasteiger partial charge in [-0.15, -0.1) is 0 Å². The minimum absolute atomic E-state index is 0.0614. The molecule has 2 amide bonds. The molecule has 1 heterocycles. The first-order chi connectivity index (χ1) is 19.8. The quantitative estimate of drug-likeness (QED) is 0.245. The lowest BCUT2D eigenvalue weighted by atomic mass is 9.84. The summed E-state index contributed by atoms with van der Waals surface area (Å²) < 4.78 is 28.3. The normalized spacial score (nSPS) is 33.6. The fourth-order valence-electron chi connectivity index (χ4n) is 5.26. The Morgan fingerprint density at radius 3 is 2.21 bits per heavy atom. The van der Waals surface area contributed by atoms with Crippen molar-refractivity contribution in [2.45, 2.75) is 64.6 Å². The smallest absolute Gasteiger partial charge is 0.405 e. The van der Waals surface area contributed by atoms with Crippen LogP contribution in [0.4, 0.5) is 4.79 Å². The number of primary amides is 1. The Labute approximate surface area is 246 Å². The highest BCUT2D eigenvalue weighted by Gasteiger charge is 2.38. The maximum Gasteiger partial charge on any atom is 0.405 e. The molecule has 2 aliphatic rings. The Hall–Kier alpha value is -3.58. The molecule has 0 aromatic carbocycles. The standard InChI is InChI=1S/C30H42N2O10/c1-15-10-9-11-21(38-5)28(42-30(31)37)17(3)12-16(2)27(41-8)22(39-6)13-18(4)26(40-7)19-14-20(33)25(35)23(24(19)34)32-29(15)36/h9-12,14,16,18,21-22,26-28,34H,13H2,1-8H3,(H2,31,37)(H,32,36)/b11-9-,15-10+,17-12+/t16-,18-,21?,22-,26+,27?,28-/m0/s1. The van der Waals surface area contributed by atoms with E-state index in [1.807, 2.05) is 19.9 Å². The van der Waals surface area contributed by atoms with Crippen molar-refractivity contribution in [1.29, 1.82) is 0 Å². The minimum Gasteiger partial charge on any atom is -0.505 e. The number of allylic oxidation sites excluding steroid dienone is 4. The maximum absolute atomic E-state index is 12.9. The molecule has 0 aromatic rings. The van der Waals surface area contributed by atoms with E-state index >= 15 is 0 Å². The molecule has 7 atom stereocenters. The van der Waals surface area contributed by atoms with E-state index in [0.717, 1.165) is 6.08 Å². The number of Topliss-reactive ketones (excluding diaryl/α,β-unsaturated/α-hetero) is 1. The Balaban J connectivity index is 2.72. The highest BCUT2D eigenvalue weighted by Crippen LogP contribution is 2.32. The van der Waals surface area contributed by atoms with Crippen molar-refractivity contribution in [2.75, 3.05) is 28.4 Å². The van der Waals surface area contributed by atoms with Gasteiger partial charge in [-0.2, -0.15) is 0 Å². The molecule has 12 nitrogen and oxygen atoms in total. The molecular formula is C30H42N2O10. The number of rotatable bonds is 5. The summed E-state index contributed by atoms with van der Waals surface area (Å²) >= 11 is 0. The predicted molar refractivity (Wildman–Crippen MR) is 153 cm³/mol. The van der Waals surface area contributed by atoms with Gasteiger partial charge < -0.3 is 39.8 Å². The molecule has 0 saturated carbocycles. The fourth-order valence-corrected chi connectivity index (χ4v) is 5.26. The number of aliphatic hydroxyl groups excluding tert-OH is 1. The minimum atomic E-state index is -1.06. The van der Waals surface area contributed by atoms with Gasteiger partial charge in [0.1, 0.15) is 17.6 Å². The number of hydrogen-bond donors (Lipinski definition) is 3. The topological polar surface area (TPSA) is 173 Å². The summed E-state index contributed by atoms with van der Waals surface area (Å²) in [5.74, 6) is -3.87. The molecular weight excluding hydrogens is 548 g/mol. The molecule has 0 aromatic heterocycles. The monoisotopic (exact) mass is 590 g/mol. The molecule has 1 aliphatic heterocycles. The molecule has 2 unspecified atom stereocenters. The number of carbonyl (C=O) groups excluding carboxylic acids is 4. The maximum atomic E-state index is 12.9. The van der Waals surface area contributed by atoms with Crippen LogP contribution in [0.15, 0.2) is 58.6 Å². The average Bonchev–Trinajstić information content (AvgIpc) is 2.94. The number of carbonyl (C=O) groups is 4. The van der Waals surface area contributed by atoms with Crippen LogP contribution in [0.25, 0.3) is 0 Å². The zero-order valence-corrected chi connectivity index (χ0v) is 25.3. The van der Waals surface area contributed by atoms with Crippen molar-refractivity contribution >= 4 is 23.6 Å². The highest BCUT2D eigenvalue weighted by molar-refractivity contribution is 6.48. The van der Waals surface area contributed by atoms with E-state index in [-0.39, 0.29) is 23.0 Å². The number of hydrogen-bond acceptors (Lipinski definition) is 10. The summed E-state index contributed by atoms with van der Waals surface area (Å²) in [6, 6.07) is 0. The zero-order valence-electron chi connectivity index (χ0n) is 25.3. The van der Waals surface area contributed by atoms with Crippen LogP contribution in [0.3, 0.4) is 0 Å². The SMILES string of the molecule is COC1[C@@H](OC)C[C@H](C)[C@@H](OC)C2=CC(=O)C(=O)C(=C2O)NC(=O)/C(C)=C/C=C\C(OC)[C@@H](OC(N)=O)/C(C)=C/[C@@H]1C. The summed E-state index contributed by atoms with van der Waals surface area (Å²) in [6.45, 7) is 7.01. The lowest BCUT2D eigenvalue weighted by Gasteiger charge is -2.34. The van der Waals surface area contributed by atoms with E-state index in [1.165, 1.54) is 40.4 Å². The molecule has 1 aliphatic carbocycles. The summed E-state index contributed by atoms with van der Waals surface area (Å²) in [7, 11) is 5.94. The van der Waals surface area contributed by atoms with Crippen LogP contribution in [0.5, 0.6) is 0 Å². The van der Waals surface area contributed by atoms with Gasteiger partial charge in [0.05, 0.1) is 18.3 Å². The van der Waals surface area contributed by atoms with E-state index < -0.39 is 65.5 Å². The first-order valence-corrected chi connectivity index (χ1v) is 13.5. The molecule has 4 N–H and O–H groups in total. The van der Waals surface area contributed by atoms with Gasteiger partial charge in [-0.3, -0.25) is 14.4 Å². The first-order valence-electron chi connectivity index (χ1n) is 13.5. The Morgan fingerprint density at radius 1 is 1.00 bits per heavy atom. The number of ether oxygens (including phenoxy) is 5. The summed E-state index contributed by atoms with van der Waals surface area (Å²) in [5.41, 5.74) is 5.67. The average molecular weight is 591 g/mol. The van der Waals surface area contributed by atoms with Crippen LogP contribution in [0.1, 0.15) is 34.1 Å². The third kappa shape index (κ3) is 8.25. The number of ketones is 2. The lowest BCUT2D eigenvalue weighted by Crippen LogP contribution is -2.40. The van der Waals surface area contributed by atoms with Crippen molar-refractivity contribution in [3.8, 4) is 0 Å². The summed E-state index contributed by atoms with van der Waals surface area (Å²) in [5, 5.41) is 13.4. The van der Waals surface area contributed by atoms with E-state index in [9.17, 15) is 24.3 Å². The summed E-state index contributed by atoms with van der Waals surface area (Å²) in [6.07, 6.45) is 3.30. The van der Waals surface area contributed by atoms with Crippen molar-refractivity contribution in [2.24, 2.45) is 17.6 Å². The van der Waals surface area contributed by atoms with Gasteiger partial charge in [-0.25, -0.2) is 4.79 Å². The Kier molecular flexibility index (Phi) is 12.9. The van der Waals surface area contributed by atoms with Gasteiger partial charge in [-0.05, 0) is 37.8 Å². The van der Waals surface area contributed by atoms with Gasteiger partial charge >= 0.3 is 6.09 Å². The van der Waals surface area contributed by atoms with Gasteiger partial charge in [0.15, 0.2) is 6.10 Å². The summed E-state index contributed by atoms with van der Waals surface area (Å²) in [4.78, 5) is 50.0. The Morgan fingerprint density at radius 2 is 1.67 bits per heavy atom. The van der Waals surface area contributed by atoms with Gasteiger partial charge in [0, 0.05) is 45.5 Å². The van der Waals surface area contributed by atoms with Crippen LogP contribution in [-0.2, 0) is 38.1 Å². The zero-order chi connectivity index (χ0) is 31.7. The number of aliphatic hydroxyl groups is 1. The van der Waals surface area contributed by atoms with Crippen molar-refractivity contribution in [3.63, 3.8) is 0 Å². The van der Waals surface area contributed by atoms with Gasteiger partial charge in [-0.1, -0.05) is 38.2 Å². The van der Waals surface area contributed by atoms with Crippen LogP contribution >= 0.6 is 0 Å². The molecule has 0 saturated heterocycles. The molecule has 12 heteroatoms. The van der Waals surface area contributed by atoms with Crippen molar-refractivity contribution in [3.05, 3.63) is 58.6 Å². The Bertz CT molecular complexity index is 1200. The molecule has 2 bridgehead atoms. The van der Waals surface area contributed by atoms with Crippen LogP contribution in [0, 0.1) is 11.8 Å². The molecule has 0 radical (unpaired) electrons. The van der Waals surface area contributed by atoms with Gasteiger partial charge in [0.25, 0.3) is 11.7 Å². The van der Waals surface area contributed by atoms with Crippen LogP contribution in [0.2, 0.25) is 0 Å². The third-order valence-corrected chi connectivity index (χ3v) is 7.42. The van der Waals surface area contributed by atoms with E-state index in [0.29, 0.717) is 12.0 Å². The first kappa shape index (κ1) is 34.6. The number of fused-ring (bicyclic) bond motifs is 1. The van der Waals surface area contributed by atoms with Crippen LogP contribution < -0.4 is 11.1 Å². The molecule has 0 spiro atoms.